The largest absolute Gasteiger partial charge is 0.447 e. The summed E-state index contributed by atoms with van der Waals surface area (Å²) in [6.07, 6.45) is 1.44. The Morgan fingerprint density at radius 3 is 2.74 bits per heavy atom. The number of nitrogens with zero attached hydrogens (tertiary/aromatic N) is 1. The van der Waals surface area contributed by atoms with Crippen molar-refractivity contribution in [3.8, 4) is 0 Å². The van der Waals surface area contributed by atoms with Gasteiger partial charge >= 0.3 is 6.03 Å². The van der Waals surface area contributed by atoms with Gasteiger partial charge in [-0.15, -0.1) is 0 Å². The maximum atomic E-state index is 11.9. The third kappa shape index (κ3) is 5.89. The zero-order valence-corrected chi connectivity index (χ0v) is 17.4. The van der Waals surface area contributed by atoms with Gasteiger partial charge in [0, 0.05) is 21.7 Å². The van der Waals surface area contributed by atoms with E-state index in [1.165, 1.54) is 18.0 Å². The van der Waals surface area contributed by atoms with Crippen LogP contribution < -0.4 is 10.7 Å². The van der Waals surface area contributed by atoms with Gasteiger partial charge in [-0.2, -0.15) is 5.10 Å². The maximum absolute atomic E-state index is 11.9. The molecule has 0 bridgehead atoms. The van der Waals surface area contributed by atoms with Gasteiger partial charge in [-0.1, -0.05) is 35.5 Å². The van der Waals surface area contributed by atoms with Crippen LogP contribution in [0.25, 0.3) is 0 Å². The molecule has 1 aromatic heterocycles. The van der Waals surface area contributed by atoms with Crippen molar-refractivity contribution >= 4 is 57.2 Å². The molecular weight excluding hydrogens is 450 g/mol. The lowest BCUT2D eigenvalue weighted by molar-refractivity contribution is 0.252. The number of urea groups is 1. The Morgan fingerprint density at radius 2 is 2.00 bits per heavy atom. The van der Waals surface area contributed by atoms with Crippen molar-refractivity contribution in [1.82, 2.24) is 5.43 Å². The van der Waals surface area contributed by atoms with Crippen LogP contribution in [0.5, 0.6) is 0 Å². The molecule has 0 saturated carbocycles. The Bertz CT molecular complexity index is 973. The fourth-order valence-electron chi connectivity index (χ4n) is 2.15. The molecular formula is C19H15BrClN3O2S. The number of carbonyl (C=O) groups excluding carboxylic acids is 1. The first-order valence-electron chi connectivity index (χ1n) is 7.89. The van der Waals surface area contributed by atoms with Gasteiger partial charge in [0.25, 0.3) is 0 Å². The number of nitrogens with one attached hydrogen (secondary N) is 2. The van der Waals surface area contributed by atoms with Gasteiger partial charge in [-0.25, -0.2) is 10.2 Å². The van der Waals surface area contributed by atoms with Crippen LogP contribution >= 0.6 is 39.3 Å². The molecule has 3 aromatic rings. The summed E-state index contributed by atoms with van der Waals surface area (Å²) < 4.78 is 6.53. The number of benzene rings is 2. The highest BCUT2D eigenvalue weighted by atomic mass is 79.9. The molecule has 0 unspecified atom stereocenters. The van der Waals surface area contributed by atoms with E-state index in [1.807, 2.05) is 49.4 Å². The Morgan fingerprint density at radius 1 is 1.22 bits per heavy atom. The van der Waals surface area contributed by atoms with Crippen LogP contribution in [0.3, 0.4) is 0 Å². The minimum Gasteiger partial charge on any atom is -0.447 e. The Kier molecular flexibility index (Phi) is 6.60. The molecule has 0 aliphatic carbocycles. The first-order chi connectivity index (χ1) is 13.0. The van der Waals surface area contributed by atoms with E-state index >= 15 is 0 Å². The standard InChI is InChI=1S/C19H15BrClN3O2S/c1-12-3-2-4-14(9-12)23-19(25)24-22-11-15-10-17(20)18(26-15)27-16-7-5-13(21)6-8-16/h2-11H,1H3,(H2,23,24,25)/b22-11+. The van der Waals surface area contributed by atoms with E-state index in [9.17, 15) is 4.79 Å². The first-order valence-corrected chi connectivity index (χ1v) is 9.88. The predicted molar refractivity (Wildman–Crippen MR) is 113 cm³/mol. The summed E-state index contributed by atoms with van der Waals surface area (Å²) in [4.78, 5) is 12.9. The Labute approximate surface area is 174 Å². The van der Waals surface area contributed by atoms with Crippen molar-refractivity contribution in [2.24, 2.45) is 5.10 Å². The highest BCUT2D eigenvalue weighted by Crippen LogP contribution is 2.35. The van der Waals surface area contributed by atoms with E-state index in [1.54, 1.807) is 12.1 Å². The summed E-state index contributed by atoms with van der Waals surface area (Å²) >= 11 is 10.8. The second kappa shape index (κ2) is 9.12. The van der Waals surface area contributed by atoms with E-state index in [-0.39, 0.29) is 0 Å². The van der Waals surface area contributed by atoms with Crippen LogP contribution in [0.15, 0.2) is 78.6 Å². The lowest BCUT2D eigenvalue weighted by Crippen LogP contribution is -2.24. The van der Waals surface area contributed by atoms with Crippen molar-refractivity contribution < 1.29 is 9.21 Å². The number of halogens is 2. The van der Waals surface area contributed by atoms with Gasteiger partial charge in [0.2, 0.25) is 0 Å². The molecule has 5 nitrogen and oxygen atoms in total. The summed E-state index contributed by atoms with van der Waals surface area (Å²) in [5.74, 6) is 0.509. The topological polar surface area (TPSA) is 66.6 Å². The molecule has 1 heterocycles. The zero-order valence-electron chi connectivity index (χ0n) is 14.2. The predicted octanol–water partition coefficient (Wildman–Crippen LogP) is 6.31. The van der Waals surface area contributed by atoms with Gasteiger partial charge in [-0.3, -0.25) is 0 Å². The van der Waals surface area contributed by atoms with Crippen molar-refractivity contribution in [2.75, 3.05) is 5.32 Å². The number of furan rings is 1. The van der Waals surface area contributed by atoms with Crippen molar-refractivity contribution in [3.63, 3.8) is 0 Å². The van der Waals surface area contributed by atoms with Crippen molar-refractivity contribution in [3.05, 3.63) is 75.4 Å². The molecule has 2 N–H and O–H groups in total. The lowest BCUT2D eigenvalue weighted by atomic mass is 10.2. The van der Waals surface area contributed by atoms with Crippen molar-refractivity contribution in [2.45, 2.75) is 16.9 Å². The molecule has 3 rings (SSSR count). The number of amides is 2. The monoisotopic (exact) mass is 463 g/mol. The molecule has 0 fully saturated rings. The Hall–Kier alpha value is -2.22. The van der Waals surface area contributed by atoms with E-state index in [2.05, 4.69) is 31.8 Å². The highest BCUT2D eigenvalue weighted by molar-refractivity contribution is 9.10. The van der Waals surface area contributed by atoms with Crippen LogP contribution in [0.4, 0.5) is 10.5 Å². The molecule has 2 amide bonds. The molecule has 0 spiro atoms. The number of aryl methyl sites for hydroxylation is 1. The average Bonchev–Trinajstić information content (AvgIpc) is 2.96. The molecule has 8 heteroatoms. The molecule has 0 aliphatic heterocycles. The normalized spacial score (nSPS) is 10.9. The van der Waals surface area contributed by atoms with Crippen LogP contribution in [-0.2, 0) is 0 Å². The van der Waals surface area contributed by atoms with Crippen LogP contribution in [-0.4, -0.2) is 12.2 Å². The number of carbonyl (C=O) groups is 1. The molecule has 138 valence electrons. The lowest BCUT2D eigenvalue weighted by Gasteiger charge is -2.04. The summed E-state index contributed by atoms with van der Waals surface area (Å²) in [5, 5.41) is 7.97. The van der Waals surface area contributed by atoms with Crippen LogP contribution in [0.2, 0.25) is 5.02 Å². The minimum atomic E-state index is -0.432. The summed E-state index contributed by atoms with van der Waals surface area (Å²) in [6.45, 7) is 1.95. The summed E-state index contributed by atoms with van der Waals surface area (Å²) in [5.41, 5.74) is 4.16. The number of hydrazone groups is 1. The van der Waals surface area contributed by atoms with Gasteiger partial charge in [-0.05, 0) is 64.8 Å². The first kappa shape index (κ1) is 19.5. The highest BCUT2D eigenvalue weighted by Gasteiger charge is 2.10. The van der Waals surface area contributed by atoms with Crippen LogP contribution in [0.1, 0.15) is 11.3 Å². The second-order valence-electron chi connectivity index (χ2n) is 5.53. The number of rotatable bonds is 5. The molecule has 2 aromatic carbocycles. The van der Waals surface area contributed by atoms with Gasteiger partial charge < -0.3 is 9.73 Å². The fourth-order valence-corrected chi connectivity index (χ4v) is 3.60. The number of hydrogen-bond donors (Lipinski definition) is 2. The van der Waals surface area contributed by atoms with E-state index in [0.717, 1.165) is 14.9 Å². The van der Waals surface area contributed by atoms with Gasteiger partial charge in [0.1, 0.15) is 5.76 Å². The third-order valence-corrected chi connectivity index (χ3v) is 5.43. The third-order valence-electron chi connectivity index (χ3n) is 3.33. The van der Waals surface area contributed by atoms with E-state index in [4.69, 9.17) is 16.0 Å². The summed E-state index contributed by atoms with van der Waals surface area (Å²) in [6, 6.07) is 16.3. The summed E-state index contributed by atoms with van der Waals surface area (Å²) in [7, 11) is 0. The average molecular weight is 465 g/mol. The molecule has 0 radical (unpaired) electrons. The molecule has 0 saturated heterocycles. The van der Waals surface area contributed by atoms with E-state index in [0.29, 0.717) is 21.6 Å². The number of anilines is 1. The minimum absolute atomic E-state index is 0.432. The smallest absolute Gasteiger partial charge is 0.339 e. The number of hydrogen-bond acceptors (Lipinski definition) is 4. The molecule has 0 aliphatic rings. The van der Waals surface area contributed by atoms with E-state index < -0.39 is 6.03 Å². The van der Waals surface area contributed by atoms with Gasteiger partial charge in [0.15, 0.2) is 5.09 Å². The quantitative estimate of drug-likeness (QED) is 0.343. The molecule has 27 heavy (non-hydrogen) atoms. The Balaban J connectivity index is 1.57. The second-order valence-corrected chi connectivity index (χ2v) is 7.87. The molecule has 0 atom stereocenters. The van der Waals surface area contributed by atoms with Crippen LogP contribution in [0, 0.1) is 6.92 Å². The van der Waals surface area contributed by atoms with Crippen molar-refractivity contribution in [1.29, 1.82) is 0 Å². The maximum Gasteiger partial charge on any atom is 0.339 e. The van der Waals surface area contributed by atoms with Gasteiger partial charge in [0.05, 0.1) is 10.7 Å². The zero-order chi connectivity index (χ0) is 19.2. The fraction of sp³-hybridized carbons (Fsp3) is 0.0526. The SMILES string of the molecule is Cc1cccc(NC(=O)N/N=C/c2cc(Br)c(Sc3ccc(Cl)cc3)o2)c1.